The Bertz CT molecular complexity index is 681. The van der Waals surface area contributed by atoms with Gasteiger partial charge in [-0.15, -0.1) is 12.4 Å². The molecule has 0 saturated heterocycles. The number of aliphatic carboxylic acids is 1. The van der Waals surface area contributed by atoms with Gasteiger partial charge in [0.2, 0.25) is 0 Å². The van der Waals surface area contributed by atoms with Crippen LogP contribution >= 0.6 is 12.4 Å². The van der Waals surface area contributed by atoms with Gasteiger partial charge < -0.3 is 10.4 Å². The molecular formula is C22H28ClNO2. The van der Waals surface area contributed by atoms with Crippen molar-refractivity contribution in [1.29, 1.82) is 0 Å². The maximum atomic E-state index is 10.4. The molecule has 2 N–H and O–H groups in total. The third-order valence-electron chi connectivity index (χ3n) is 4.25. The summed E-state index contributed by atoms with van der Waals surface area (Å²) in [6.45, 7) is 3.28. The number of carboxylic acid groups (broad SMARTS) is 1. The maximum Gasteiger partial charge on any atom is 0.304 e. The van der Waals surface area contributed by atoms with E-state index in [1.54, 1.807) is 0 Å². The minimum Gasteiger partial charge on any atom is -0.481 e. The van der Waals surface area contributed by atoms with Gasteiger partial charge in [-0.2, -0.15) is 0 Å². The van der Waals surface area contributed by atoms with Gasteiger partial charge in [0.25, 0.3) is 0 Å². The van der Waals surface area contributed by atoms with Gasteiger partial charge in [0.05, 0.1) is 6.42 Å². The minimum absolute atomic E-state index is 0. The van der Waals surface area contributed by atoms with Crippen molar-refractivity contribution in [2.24, 2.45) is 0 Å². The highest BCUT2D eigenvalue weighted by molar-refractivity contribution is 5.85. The van der Waals surface area contributed by atoms with E-state index in [2.05, 4.69) is 72.9 Å². The number of halogens is 1. The summed E-state index contributed by atoms with van der Waals surface area (Å²) in [5, 5.41) is 11.7. The Hall–Kier alpha value is -2.10. The van der Waals surface area contributed by atoms with Crippen LogP contribution in [0.5, 0.6) is 0 Å². The van der Waals surface area contributed by atoms with E-state index >= 15 is 0 Å². The Morgan fingerprint density at radius 2 is 1.62 bits per heavy atom. The fourth-order valence-electron chi connectivity index (χ4n) is 2.72. The SMILES string of the molecule is CC(=CCNCCC(=O)O)c1ccc(CCCc2ccccc2)cc1.Cl. The lowest BCUT2D eigenvalue weighted by Crippen LogP contribution is -2.18. The van der Waals surface area contributed by atoms with Gasteiger partial charge >= 0.3 is 5.97 Å². The lowest BCUT2D eigenvalue weighted by atomic mass is 10.0. The summed E-state index contributed by atoms with van der Waals surface area (Å²) in [6, 6.07) is 19.3. The molecule has 4 heteroatoms. The molecule has 2 aromatic carbocycles. The molecule has 2 rings (SSSR count). The van der Waals surface area contributed by atoms with Gasteiger partial charge in [0.15, 0.2) is 0 Å². The zero-order valence-electron chi connectivity index (χ0n) is 15.3. The van der Waals surface area contributed by atoms with Gasteiger partial charge in [-0.05, 0) is 48.4 Å². The topological polar surface area (TPSA) is 49.3 Å². The monoisotopic (exact) mass is 373 g/mol. The van der Waals surface area contributed by atoms with Crippen LogP contribution < -0.4 is 5.32 Å². The first-order valence-electron chi connectivity index (χ1n) is 8.87. The Kier molecular flexibility index (Phi) is 10.4. The van der Waals surface area contributed by atoms with Crippen LogP contribution in [0.25, 0.3) is 5.57 Å². The van der Waals surface area contributed by atoms with Gasteiger partial charge in [-0.25, -0.2) is 0 Å². The largest absolute Gasteiger partial charge is 0.481 e. The molecule has 0 saturated carbocycles. The van der Waals surface area contributed by atoms with Crippen molar-refractivity contribution in [3.05, 3.63) is 77.4 Å². The Morgan fingerprint density at radius 3 is 2.23 bits per heavy atom. The van der Waals surface area contributed by atoms with E-state index in [0.717, 1.165) is 19.3 Å². The lowest BCUT2D eigenvalue weighted by molar-refractivity contribution is -0.136. The quantitative estimate of drug-likeness (QED) is 0.591. The predicted molar refractivity (Wildman–Crippen MR) is 111 cm³/mol. The summed E-state index contributed by atoms with van der Waals surface area (Å²) < 4.78 is 0. The summed E-state index contributed by atoms with van der Waals surface area (Å²) in [5.41, 5.74) is 5.19. The van der Waals surface area contributed by atoms with Crippen LogP contribution in [0.15, 0.2) is 60.7 Å². The van der Waals surface area contributed by atoms with Crippen molar-refractivity contribution in [3.8, 4) is 0 Å². The summed E-state index contributed by atoms with van der Waals surface area (Å²) in [6.07, 6.45) is 5.63. The lowest BCUT2D eigenvalue weighted by Gasteiger charge is -2.06. The van der Waals surface area contributed by atoms with Crippen LogP contribution in [0.4, 0.5) is 0 Å². The molecule has 26 heavy (non-hydrogen) atoms. The summed E-state index contributed by atoms with van der Waals surface area (Å²) in [5.74, 6) is -0.768. The number of benzene rings is 2. The van der Waals surface area contributed by atoms with Gasteiger partial charge in [0.1, 0.15) is 0 Å². The van der Waals surface area contributed by atoms with E-state index in [9.17, 15) is 4.79 Å². The molecule has 0 aromatic heterocycles. The third-order valence-corrected chi connectivity index (χ3v) is 4.25. The first-order valence-corrected chi connectivity index (χ1v) is 8.87. The highest BCUT2D eigenvalue weighted by atomic mass is 35.5. The van der Waals surface area contributed by atoms with E-state index in [1.807, 2.05) is 0 Å². The second-order valence-electron chi connectivity index (χ2n) is 6.27. The molecule has 0 heterocycles. The first-order chi connectivity index (χ1) is 12.1. The average Bonchev–Trinajstić information content (AvgIpc) is 2.62. The van der Waals surface area contributed by atoms with E-state index in [4.69, 9.17) is 5.11 Å². The number of carboxylic acids is 1. The second kappa shape index (κ2) is 12.3. The van der Waals surface area contributed by atoms with E-state index in [0.29, 0.717) is 13.1 Å². The summed E-state index contributed by atoms with van der Waals surface area (Å²) in [4.78, 5) is 10.4. The van der Waals surface area contributed by atoms with Gasteiger partial charge in [-0.1, -0.05) is 60.7 Å². The van der Waals surface area contributed by atoms with E-state index < -0.39 is 5.97 Å². The molecule has 0 unspecified atom stereocenters. The van der Waals surface area contributed by atoms with Crippen LogP contribution in [-0.4, -0.2) is 24.2 Å². The fraction of sp³-hybridized carbons (Fsp3) is 0.318. The van der Waals surface area contributed by atoms with Crippen LogP contribution in [-0.2, 0) is 17.6 Å². The number of aryl methyl sites for hydroxylation is 2. The molecule has 0 fully saturated rings. The summed E-state index contributed by atoms with van der Waals surface area (Å²) in [7, 11) is 0. The zero-order valence-corrected chi connectivity index (χ0v) is 16.1. The molecule has 0 spiro atoms. The molecule has 0 atom stereocenters. The second-order valence-corrected chi connectivity index (χ2v) is 6.27. The van der Waals surface area contributed by atoms with Gasteiger partial charge in [0, 0.05) is 13.1 Å². The van der Waals surface area contributed by atoms with Crippen LogP contribution in [0.1, 0.15) is 36.5 Å². The van der Waals surface area contributed by atoms with Crippen LogP contribution in [0.3, 0.4) is 0 Å². The maximum absolute atomic E-state index is 10.4. The Labute approximate surface area is 162 Å². The highest BCUT2D eigenvalue weighted by Crippen LogP contribution is 2.16. The number of nitrogens with one attached hydrogen (secondary N) is 1. The smallest absolute Gasteiger partial charge is 0.304 e. The molecule has 3 nitrogen and oxygen atoms in total. The Balaban J connectivity index is 0.00000338. The number of allylic oxidation sites excluding steroid dienone is 1. The zero-order chi connectivity index (χ0) is 17.9. The molecule has 0 bridgehead atoms. The molecule has 0 aliphatic rings. The van der Waals surface area contributed by atoms with Crippen molar-refractivity contribution in [2.75, 3.05) is 13.1 Å². The third kappa shape index (κ3) is 8.32. The van der Waals surface area contributed by atoms with Crippen molar-refractivity contribution in [3.63, 3.8) is 0 Å². The number of hydrogen-bond donors (Lipinski definition) is 2. The van der Waals surface area contributed by atoms with E-state index in [1.165, 1.54) is 22.3 Å². The van der Waals surface area contributed by atoms with Crippen LogP contribution in [0.2, 0.25) is 0 Å². The molecule has 0 amide bonds. The van der Waals surface area contributed by atoms with Crippen molar-refractivity contribution in [2.45, 2.75) is 32.6 Å². The number of carbonyl (C=O) groups is 1. The number of rotatable bonds is 10. The minimum atomic E-state index is -0.768. The van der Waals surface area contributed by atoms with Crippen LogP contribution in [0, 0.1) is 0 Å². The molecular weight excluding hydrogens is 346 g/mol. The summed E-state index contributed by atoms with van der Waals surface area (Å²) >= 11 is 0. The standard InChI is InChI=1S/C22H27NO2.ClH/c1-18(14-16-23-17-15-22(24)25)21-12-10-20(11-13-21)9-5-8-19-6-3-2-4-7-19;/h2-4,6-7,10-14,23H,5,8-9,15-17H2,1H3,(H,24,25);1H. The Morgan fingerprint density at radius 1 is 1.00 bits per heavy atom. The normalized spacial score (nSPS) is 11.0. The molecule has 0 radical (unpaired) electrons. The average molecular weight is 374 g/mol. The van der Waals surface area contributed by atoms with Gasteiger partial charge in [-0.3, -0.25) is 4.79 Å². The number of hydrogen-bond acceptors (Lipinski definition) is 2. The molecule has 0 aliphatic heterocycles. The van der Waals surface area contributed by atoms with Crippen molar-refractivity contribution < 1.29 is 9.90 Å². The molecule has 0 aliphatic carbocycles. The predicted octanol–water partition coefficient (Wildman–Crippen LogP) is 4.75. The highest BCUT2D eigenvalue weighted by Gasteiger charge is 1.99. The fourth-order valence-corrected chi connectivity index (χ4v) is 2.72. The van der Waals surface area contributed by atoms with Crippen molar-refractivity contribution >= 4 is 23.9 Å². The molecule has 140 valence electrons. The van der Waals surface area contributed by atoms with E-state index in [-0.39, 0.29) is 18.8 Å². The first kappa shape index (κ1) is 21.9. The van der Waals surface area contributed by atoms with Crippen molar-refractivity contribution in [1.82, 2.24) is 5.32 Å². The molecule has 2 aromatic rings.